The van der Waals surface area contributed by atoms with Crippen LogP contribution in [-0.2, 0) is 22.5 Å². The molecule has 144 valence electrons. The van der Waals surface area contributed by atoms with E-state index in [4.69, 9.17) is 11.6 Å². The molecule has 1 heterocycles. The van der Waals surface area contributed by atoms with Crippen LogP contribution in [-0.4, -0.2) is 27.9 Å². The van der Waals surface area contributed by atoms with Gasteiger partial charge in [-0.25, -0.2) is 8.78 Å². The predicted octanol–water partition coefficient (Wildman–Crippen LogP) is 4.59. The van der Waals surface area contributed by atoms with Crippen molar-refractivity contribution in [2.24, 2.45) is 0 Å². The first kappa shape index (κ1) is 20.2. The van der Waals surface area contributed by atoms with Gasteiger partial charge in [0.1, 0.15) is 11.4 Å². The van der Waals surface area contributed by atoms with Crippen LogP contribution in [0.4, 0.5) is 8.78 Å². The van der Waals surface area contributed by atoms with E-state index in [1.54, 1.807) is 6.07 Å². The average Bonchev–Trinajstić information content (AvgIpc) is 2.65. The number of carbonyl (C=O) groups excluding carboxylic acids is 1. The number of Topliss-reactive ketones (excluding diaryl/α,β-unsaturated/α-hetero) is 1. The second-order valence-electron chi connectivity index (χ2n) is 6.82. The van der Waals surface area contributed by atoms with Crippen LogP contribution in [0, 0.1) is 5.82 Å². The highest BCUT2D eigenvalue weighted by Gasteiger charge is 2.51. The molecule has 1 aliphatic rings. The summed E-state index contributed by atoms with van der Waals surface area (Å²) in [6, 6.07) is 7.04. The Balaban J connectivity index is 1.85. The summed E-state index contributed by atoms with van der Waals surface area (Å²) in [7, 11) is 0. The molecule has 0 fully saturated rings. The molecule has 0 saturated carbocycles. The van der Waals surface area contributed by atoms with Crippen LogP contribution in [0.3, 0.4) is 0 Å². The van der Waals surface area contributed by atoms with Gasteiger partial charge in [0.05, 0.1) is 5.69 Å². The lowest BCUT2D eigenvalue weighted by Crippen LogP contribution is -2.44. The SMILES string of the molecule is CSC[C@]1(O)CC[C@@](F)(C(=O)CCc2ccc(F)cc2Cl)c2cccnc21. The number of hydrogen-bond donors (Lipinski definition) is 1. The molecule has 0 bridgehead atoms. The Kier molecular flexibility index (Phi) is 5.89. The number of alkyl halides is 1. The molecule has 1 N–H and O–H groups in total. The lowest BCUT2D eigenvalue weighted by Gasteiger charge is -2.39. The zero-order valence-corrected chi connectivity index (χ0v) is 16.4. The highest BCUT2D eigenvalue weighted by molar-refractivity contribution is 7.98. The van der Waals surface area contributed by atoms with Crippen LogP contribution >= 0.6 is 23.4 Å². The fourth-order valence-electron chi connectivity index (χ4n) is 3.57. The maximum Gasteiger partial charge on any atom is 0.195 e. The summed E-state index contributed by atoms with van der Waals surface area (Å²) >= 11 is 7.44. The fraction of sp³-hybridized carbons (Fsp3) is 0.400. The number of nitrogens with zero attached hydrogens (tertiary/aromatic N) is 1. The van der Waals surface area contributed by atoms with Crippen molar-refractivity contribution in [3.8, 4) is 0 Å². The monoisotopic (exact) mass is 411 g/mol. The maximum atomic E-state index is 15.8. The first-order chi connectivity index (χ1) is 12.8. The molecule has 0 saturated heterocycles. The van der Waals surface area contributed by atoms with E-state index in [-0.39, 0.29) is 42.0 Å². The number of aromatic nitrogens is 1. The third-order valence-corrected chi connectivity index (χ3v) is 6.14. The Bertz CT molecular complexity index is 866. The van der Waals surface area contributed by atoms with Crippen LogP contribution in [0.15, 0.2) is 36.5 Å². The number of aryl methyl sites for hydroxylation is 1. The van der Waals surface area contributed by atoms with Crippen LogP contribution in [0.25, 0.3) is 0 Å². The predicted molar refractivity (Wildman–Crippen MR) is 103 cm³/mol. The van der Waals surface area contributed by atoms with E-state index >= 15 is 4.39 Å². The van der Waals surface area contributed by atoms with Gasteiger partial charge in [-0.2, -0.15) is 11.8 Å². The zero-order chi connectivity index (χ0) is 19.7. The number of carbonyl (C=O) groups is 1. The molecule has 7 heteroatoms. The molecule has 3 nitrogen and oxygen atoms in total. The number of rotatable bonds is 6. The van der Waals surface area contributed by atoms with E-state index in [1.807, 2.05) is 6.26 Å². The molecule has 0 radical (unpaired) electrons. The summed E-state index contributed by atoms with van der Waals surface area (Å²) in [6.07, 6.45) is 3.52. The van der Waals surface area contributed by atoms with E-state index in [0.717, 1.165) is 0 Å². The number of benzene rings is 1. The summed E-state index contributed by atoms with van der Waals surface area (Å²) in [5, 5.41) is 11.1. The second kappa shape index (κ2) is 7.86. The van der Waals surface area contributed by atoms with Gasteiger partial charge in [0, 0.05) is 29.0 Å². The smallest absolute Gasteiger partial charge is 0.195 e. The van der Waals surface area contributed by atoms with E-state index < -0.39 is 22.9 Å². The minimum absolute atomic E-state index is 0.0723. The molecule has 27 heavy (non-hydrogen) atoms. The molecule has 1 aliphatic carbocycles. The second-order valence-corrected chi connectivity index (χ2v) is 8.10. The highest BCUT2D eigenvalue weighted by atomic mass is 35.5. The molecule has 0 amide bonds. The highest BCUT2D eigenvalue weighted by Crippen LogP contribution is 2.47. The van der Waals surface area contributed by atoms with Gasteiger partial charge < -0.3 is 5.11 Å². The van der Waals surface area contributed by atoms with E-state index in [1.165, 1.54) is 42.2 Å². The number of hydrogen-bond acceptors (Lipinski definition) is 4. The normalized spacial score (nSPS) is 24.5. The number of halogens is 3. The minimum atomic E-state index is -2.19. The molecule has 0 unspecified atom stereocenters. The molecule has 2 aromatic rings. The lowest BCUT2D eigenvalue weighted by molar-refractivity contribution is -0.134. The molecule has 0 aliphatic heterocycles. The Morgan fingerprint density at radius 1 is 1.37 bits per heavy atom. The van der Waals surface area contributed by atoms with Gasteiger partial charge in [0.2, 0.25) is 0 Å². The molecular weight excluding hydrogens is 392 g/mol. The summed E-state index contributed by atoms with van der Waals surface area (Å²) in [6.45, 7) is 0. The molecule has 0 spiro atoms. The topological polar surface area (TPSA) is 50.2 Å². The Hall–Kier alpha value is -1.50. The van der Waals surface area contributed by atoms with Crippen molar-refractivity contribution in [2.75, 3.05) is 12.0 Å². The summed E-state index contributed by atoms with van der Waals surface area (Å²) < 4.78 is 29.0. The van der Waals surface area contributed by atoms with Gasteiger partial charge in [-0.1, -0.05) is 23.7 Å². The Labute approximate surface area is 166 Å². The van der Waals surface area contributed by atoms with E-state index in [2.05, 4.69) is 4.98 Å². The standard InChI is InChI=1S/C20H20ClF2NO2S/c1-27-12-19(26)8-9-20(23,15-3-2-10-24-18(15)19)17(25)7-5-13-4-6-14(22)11-16(13)21/h2-4,6,10-11,26H,5,7-9,12H2,1H3/t19-,20+/m1/s1. The molecule has 1 aromatic carbocycles. The molecule has 3 rings (SSSR count). The van der Waals surface area contributed by atoms with Gasteiger partial charge in [-0.3, -0.25) is 9.78 Å². The maximum absolute atomic E-state index is 15.8. The lowest BCUT2D eigenvalue weighted by atomic mass is 9.73. The van der Waals surface area contributed by atoms with Crippen molar-refractivity contribution in [3.63, 3.8) is 0 Å². The largest absolute Gasteiger partial charge is 0.383 e. The van der Waals surface area contributed by atoms with Crippen molar-refractivity contribution >= 4 is 29.1 Å². The quantitative estimate of drug-likeness (QED) is 0.755. The van der Waals surface area contributed by atoms with Gasteiger partial charge in [0.15, 0.2) is 11.5 Å². The van der Waals surface area contributed by atoms with Crippen LogP contribution in [0.2, 0.25) is 5.02 Å². The van der Waals surface area contributed by atoms with Crippen molar-refractivity contribution < 1.29 is 18.7 Å². The van der Waals surface area contributed by atoms with Crippen molar-refractivity contribution in [2.45, 2.75) is 37.0 Å². The summed E-state index contributed by atoms with van der Waals surface area (Å²) in [5.41, 5.74) is -2.47. The average molecular weight is 412 g/mol. The third-order valence-electron chi connectivity index (χ3n) is 5.02. The van der Waals surface area contributed by atoms with Gasteiger partial charge in [-0.05, 0) is 49.3 Å². The van der Waals surface area contributed by atoms with Crippen LogP contribution < -0.4 is 0 Å². The van der Waals surface area contributed by atoms with Gasteiger partial charge >= 0.3 is 0 Å². The van der Waals surface area contributed by atoms with Gasteiger partial charge in [-0.15, -0.1) is 0 Å². The van der Waals surface area contributed by atoms with E-state index in [0.29, 0.717) is 11.3 Å². The number of pyridine rings is 1. The number of aliphatic hydroxyl groups is 1. The minimum Gasteiger partial charge on any atom is -0.383 e. The number of thioether (sulfide) groups is 1. The van der Waals surface area contributed by atoms with Gasteiger partial charge in [0.25, 0.3) is 0 Å². The van der Waals surface area contributed by atoms with E-state index in [9.17, 15) is 14.3 Å². The van der Waals surface area contributed by atoms with Crippen LogP contribution in [0.5, 0.6) is 0 Å². The van der Waals surface area contributed by atoms with Crippen molar-refractivity contribution in [1.82, 2.24) is 4.98 Å². The van der Waals surface area contributed by atoms with Crippen molar-refractivity contribution in [3.05, 3.63) is 64.2 Å². The number of ketones is 1. The number of fused-ring (bicyclic) bond motifs is 1. The zero-order valence-electron chi connectivity index (χ0n) is 14.8. The first-order valence-corrected chi connectivity index (χ1v) is 10.4. The fourth-order valence-corrected chi connectivity index (χ4v) is 4.59. The Morgan fingerprint density at radius 2 is 2.15 bits per heavy atom. The first-order valence-electron chi connectivity index (χ1n) is 8.63. The van der Waals surface area contributed by atoms with Crippen LogP contribution in [0.1, 0.15) is 36.1 Å². The summed E-state index contributed by atoms with van der Waals surface area (Å²) in [4.78, 5) is 17.0. The molecule has 1 aromatic heterocycles. The third kappa shape index (κ3) is 3.89. The van der Waals surface area contributed by atoms with Crippen molar-refractivity contribution in [1.29, 1.82) is 0 Å². The Morgan fingerprint density at radius 3 is 2.85 bits per heavy atom. The molecular formula is C20H20ClF2NO2S. The summed E-state index contributed by atoms with van der Waals surface area (Å²) in [5.74, 6) is -0.660. The molecule has 2 atom stereocenters.